The van der Waals surface area contributed by atoms with Crippen LogP contribution in [0.1, 0.15) is 24.2 Å². The second-order valence-electron chi connectivity index (χ2n) is 7.08. The van der Waals surface area contributed by atoms with E-state index in [9.17, 15) is 4.79 Å². The van der Waals surface area contributed by atoms with Gasteiger partial charge in [0.2, 0.25) is 5.89 Å². The number of nitrogens with zero attached hydrogens (tertiary/aromatic N) is 1. The number of fused-ring (bicyclic) bond motifs is 1. The Morgan fingerprint density at radius 1 is 0.967 bits per heavy atom. The Kier molecular flexibility index (Phi) is 5.39. The number of hydrogen-bond acceptors (Lipinski definition) is 5. The Bertz CT molecular complexity index is 1160. The summed E-state index contributed by atoms with van der Waals surface area (Å²) in [5.41, 5.74) is 3.48. The van der Waals surface area contributed by atoms with Gasteiger partial charge in [-0.15, -0.1) is 0 Å². The molecule has 1 amide bonds. The molecule has 6 heteroatoms. The highest BCUT2D eigenvalue weighted by Gasteiger charge is 2.11. The first kappa shape index (κ1) is 19.5. The second kappa shape index (κ2) is 8.29. The highest BCUT2D eigenvalue weighted by atomic mass is 16.5. The van der Waals surface area contributed by atoms with Gasteiger partial charge in [-0.25, -0.2) is 4.98 Å². The van der Waals surface area contributed by atoms with E-state index in [2.05, 4.69) is 10.3 Å². The lowest BCUT2D eigenvalue weighted by Gasteiger charge is -2.10. The lowest BCUT2D eigenvalue weighted by molar-refractivity contribution is 0.102. The van der Waals surface area contributed by atoms with E-state index in [4.69, 9.17) is 13.9 Å². The van der Waals surface area contributed by atoms with Gasteiger partial charge in [-0.2, -0.15) is 0 Å². The van der Waals surface area contributed by atoms with Crippen LogP contribution in [0, 0.1) is 0 Å². The number of aromatic nitrogens is 1. The second-order valence-corrected chi connectivity index (χ2v) is 7.08. The summed E-state index contributed by atoms with van der Waals surface area (Å²) < 4.78 is 16.6. The van der Waals surface area contributed by atoms with Crippen LogP contribution in [0.4, 0.5) is 5.69 Å². The lowest BCUT2D eigenvalue weighted by Crippen LogP contribution is -2.12. The summed E-state index contributed by atoms with van der Waals surface area (Å²) in [5.74, 6) is 1.79. The van der Waals surface area contributed by atoms with Crippen LogP contribution in [0.25, 0.3) is 22.6 Å². The third-order valence-electron chi connectivity index (χ3n) is 4.47. The molecule has 0 bridgehead atoms. The SMILES string of the molecule is COc1ccc2oc(-c3ccc(NC(=O)c4ccc(OC(C)C)cc4)cc3)nc2c1. The summed E-state index contributed by atoms with van der Waals surface area (Å²) in [4.78, 5) is 17.0. The Balaban J connectivity index is 1.46. The standard InChI is InChI=1S/C24H22N2O4/c1-15(2)29-19-10-6-16(7-11-19)23(27)25-18-8-4-17(5-9-18)24-26-21-14-20(28-3)12-13-22(21)30-24/h4-15H,1-3H3,(H,25,27). The maximum absolute atomic E-state index is 12.5. The molecule has 0 aliphatic carbocycles. The number of hydrogen-bond donors (Lipinski definition) is 1. The average Bonchev–Trinajstić information content (AvgIpc) is 3.17. The maximum Gasteiger partial charge on any atom is 0.255 e. The first-order valence-corrected chi connectivity index (χ1v) is 9.65. The summed E-state index contributed by atoms with van der Waals surface area (Å²) in [6.45, 7) is 3.92. The minimum Gasteiger partial charge on any atom is -0.497 e. The third-order valence-corrected chi connectivity index (χ3v) is 4.47. The summed E-state index contributed by atoms with van der Waals surface area (Å²) >= 11 is 0. The molecule has 0 radical (unpaired) electrons. The van der Waals surface area contributed by atoms with E-state index >= 15 is 0 Å². The van der Waals surface area contributed by atoms with Crippen molar-refractivity contribution in [3.8, 4) is 23.0 Å². The number of anilines is 1. The predicted molar refractivity (Wildman–Crippen MR) is 116 cm³/mol. The Hall–Kier alpha value is -3.80. The molecule has 0 saturated carbocycles. The molecule has 6 nitrogen and oxygen atoms in total. The molecule has 1 heterocycles. The topological polar surface area (TPSA) is 73.6 Å². The number of amides is 1. The summed E-state index contributed by atoms with van der Waals surface area (Å²) in [6, 6.07) is 19.9. The highest BCUT2D eigenvalue weighted by molar-refractivity contribution is 6.04. The van der Waals surface area contributed by atoms with Crippen molar-refractivity contribution in [3.63, 3.8) is 0 Å². The molecule has 30 heavy (non-hydrogen) atoms. The number of oxazole rings is 1. The first-order chi connectivity index (χ1) is 14.5. The molecule has 152 valence electrons. The van der Waals surface area contributed by atoms with E-state index in [0.717, 1.165) is 22.6 Å². The van der Waals surface area contributed by atoms with Crippen LogP contribution < -0.4 is 14.8 Å². The molecule has 3 aromatic carbocycles. The van der Waals surface area contributed by atoms with Crippen molar-refractivity contribution >= 4 is 22.7 Å². The van der Waals surface area contributed by atoms with Gasteiger partial charge in [0.25, 0.3) is 5.91 Å². The van der Waals surface area contributed by atoms with Crippen molar-refractivity contribution in [1.82, 2.24) is 4.98 Å². The molecule has 0 fully saturated rings. The summed E-state index contributed by atoms with van der Waals surface area (Å²) in [6.07, 6.45) is 0.0893. The zero-order valence-electron chi connectivity index (χ0n) is 17.0. The normalized spacial score (nSPS) is 10.9. The van der Waals surface area contributed by atoms with Gasteiger partial charge in [-0.3, -0.25) is 4.79 Å². The molecule has 0 saturated heterocycles. The van der Waals surface area contributed by atoms with Crippen molar-refractivity contribution < 1.29 is 18.7 Å². The van der Waals surface area contributed by atoms with Crippen molar-refractivity contribution in [3.05, 3.63) is 72.3 Å². The van der Waals surface area contributed by atoms with Gasteiger partial charge in [0, 0.05) is 22.9 Å². The van der Waals surface area contributed by atoms with E-state index in [-0.39, 0.29) is 12.0 Å². The Morgan fingerprint density at radius 2 is 1.67 bits per heavy atom. The van der Waals surface area contributed by atoms with E-state index in [0.29, 0.717) is 22.7 Å². The van der Waals surface area contributed by atoms with Gasteiger partial charge in [-0.05, 0) is 74.5 Å². The van der Waals surface area contributed by atoms with Crippen LogP contribution >= 0.6 is 0 Å². The molecular formula is C24H22N2O4. The van der Waals surface area contributed by atoms with Gasteiger partial charge in [0.1, 0.15) is 17.0 Å². The van der Waals surface area contributed by atoms with Crippen molar-refractivity contribution in [2.45, 2.75) is 20.0 Å². The third kappa shape index (κ3) is 4.27. The first-order valence-electron chi connectivity index (χ1n) is 9.65. The maximum atomic E-state index is 12.5. The summed E-state index contributed by atoms with van der Waals surface area (Å²) in [5, 5.41) is 2.89. The lowest BCUT2D eigenvalue weighted by atomic mass is 10.1. The van der Waals surface area contributed by atoms with Gasteiger partial charge in [-0.1, -0.05) is 0 Å². The van der Waals surface area contributed by atoms with Gasteiger partial charge in [0.05, 0.1) is 13.2 Å². The number of nitrogens with one attached hydrogen (secondary N) is 1. The van der Waals surface area contributed by atoms with Crippen LogP contribution in [-0.2, 0) is 0 Å². The number of carbonyl (C=O) groups is 1. The molecular weight excluding hydrogens is 380 g/mol. The number of benzene rings is 3. The zero-order chi connectivity index (χ0) is 21.1. The fourth-order valence-electron chi connectivity index (χ4n) is 3.01. The van der Waals surface area contributed by atoms with Gasteiger partial charge < -0.3 is 19.2 Å². The number of methoxy groups -OCH3 is 1. The molecule has 0 unspecified atom stereocenters. The molecule has 1 N–H and O–H groups in total. The van der Waals surface area contributed by atoms with Crippen LogP contribution in [0.15, 0.2) is 71.1 Å². The molecule has 0 spiro atoms. The number of carbonyl (C=O) groups excluding carboxylic acids is 1. The van der Waals surface area contributed by atoms with Gasteiger partial charge >= 0.3 is 0 Å². The van der Waals surface area contributed by atoms with Crippen molar-refractivity contribution in [2.75, 3.05) is 12.4 Å². The van der Waals surface area contributed by atoms with Crippen molar-refractivity contribution in [1.29, 1.82) is 0 Å². The highest BCUT2D eigenvalue weighted by Crippen LogP contribution is 2.27. The Morgan fingerprint density at radius 3 is 2.33 bits per heavy atom. The molecule has 0 atom stereocenters. The molecule has 4 rings (SSSR count). The van der Waals surface area contributed by atoms with E-state index < -0.39 is 0 Å². The number of ether oxygens (including phenoxy) is 2. The van der Waals surface area contributed by atoms with E-state index in [1.807, 2.05) is 56.3 Å². The van der Waals surface area contributed by atoms with Crippen molar-refractivity contribution in [2.24, 2.45) is 0 Å². The van der Waals surface area contributed by atoms with E-state index in [1.54, 1.807) is 31.4 Å². The molecule has 1 aromatic heterocycles. The smallest absolute Gasteiger partial charge is 0.255 e. The monoisotopic (exact) mass is 402 g/mol. The van der Waals surface area contributed by atoms with Crippen LogP contribution in [0.3, 0.4) is 0 Å². The van der Waals surface area contributed by atoms with Crippen LogP contribution in [0.5, 0.6) is 11.5 Å². The molecule has 4 aromatic rings. The van der Waals surface area contributed by atoms with Crippen LogP contribution in [-0.4, -0.2) is 24.1 Å². The van der Waals surface area contributed by atoms with Gasteiger partial charge in [0.15, 0.2) is 5.58 Å². The fraction of sp³-hybridized carbons (Fsp3) is 0.167. The zero-order valence-corrected chi connectivity index (χ0v) is 17.0. The average molecular weight is 402 g/mol. The fourth-order valence-corrected chi connectivity index (χ4v) is 3.01. The Labute approximate surface area is 174 Å². The minimum absolute atomic E-state index is 0.0893. The largest absolute Gasteiger partial charge is 0.497 e. The number of rotatable bonds is 6. The van der Waals surface area contributed by atoms with E-state index in [1.165, 1.54) is 0 Å². The van der Waals surface area contributed by atoms with Crippen LogP contribution in [0.2, 0.25) is 0 Å². The predicted octanol–water partition coefficient (Wildman–Crippen LogP) is 5.54. The quantitative estimate of drug-likeness (QED) is 0.458. The molecule has 0 aliphatic heterocycles. The molecule has 0 aliphatic rings. The summed E-state index contributed by atoms with van der Waals surface area (Å²) in [7, 11) is 1.61. The minimum atomic E-state index is -0.187.